The Hall–Kier alpha value is -1.44. The van der Waals surface area contributed by atoms with E-state index < -0.39 is 10.0 Å². The van der Waals surface area contributed by atoms with E-state index in [9.17, 15) is 13.2 Å². The van der Waals surface area contributed by atoms with Crippen LogP contribution in [0.1, 0.15) is 37.8 Å². The van der Waals surface area contributed by atoms with Crippen LogP contribution in [0.4, 0.5) is 0 Å². The van der Waals surface area contributed by atoms with Crippen LogP contribution in [0.15, 0.2) is 23.1 Å². The van der Waals surface area contributed by atoms with E-state index >= 15 is 0 Å². The van der Waals surface area contributed by atoms with Crippen LogP contribution in [0.3, 0.4) is 0 Å². The molecule has 1 aromatic rings. The Morgan fingerprint density at radius 3 is 2.26 bits per heavy atom. The third kappa shape index (κ3) is 4.52. The zero-order chi connectivity index (χ0) is 19.4. The Balaban J connectivity index is 1.62. The minimum Gasteiger partial charge on any atom is -0.342 e. The molecule has 1 fully saturated rings. The molecule has 1 aliphatic heterocycles. The lowest BCUT2D eigenvalue weighted by molar-refractivity contribution is -0.132. The normalized spacial score (nSPS) is 18.9. The highest BCUT2D eigenvalue weighted by molar-refractivity contribution is 7.89. The van der Waals surface area contributed by atoms with E-state index in [-0.39, 0.29) is 5.91 Å². The predicted molar refractivity (Wildman–Crippen MR) is 106 cm³/mol. The molecule has 27 heavy (non-hydrogen) atoms. The summed E-state index contributed by atoms with van der Waals surface area (Å²) in [6.45, 7) is 7.80. The van der Waals surface area contributed by atoms with Gasteiger partial charge in [-0.05, 0) is 62.8 Å². The van der Waals surface area contributed by atoms with Gasteiger partial charge in [0.25, 0.3) is 0 Å². The molecule has 0 saturated carbocycles. The molecule has 1 aromatic carbocycles. The van der Waals surface area contributed by atoms with Gasteiger partial charge < -0.3 is 4.90 Å². The first-order valence-electron chi connectivity index (χ1n) is 10.1. The van der Waals surface area contributed by atoms with Gasteiger partial charge >= 0.3 is 0 Å². The van der Waals surface area contributed by atoms with Crippen LogP contribution in [0.5, 0.6) is 0 Å². The Bertz CT molecular complexity index is 767. The number of nitrogens with zero attached hydrogens (tertiary/aromatic N) is 3. The molecule has 1 heterocycles. The largest absolute Gasteiger partial charge is 0.342 e. The third-order valence-electron chi connectivity index (χ3n) is 5.76. The molecule has 0 N–H and O–H groups in total. The summed E-state index contributed by atoms with van der Waals surface area (Å²) in [7, 11) is -3.46. The average Bonchev–Trinajstić information content (AvgIpc) is 2.69. The molecule has 0 aromatic heterocycles. The van der Waals surface area contributed by atoms with Crippen molar-refractivity contribution in [1.29, 1.82) is 0 Å². The molecule has 1 saturated heterocycles. The van der Waals surface area contributed by atoms with Crippen molar-refractivity contribution in [2.75, 3.05) is 45.8 Å². The van der Waals surface area contributed by atoms with Crippen molar-refractivity contribution in [3.8, 4) is 0 Å². The Kier molecular flexibility index (Phi) is 6.55. The molecular formula is C20H31N3O3S. The average molecular weight is 394 g/mol. The molecule has 0 spiro atoms. The quantitative estimate of drug-likeness (QED) is 0.739. The standard InChI is InChI=1S/C20H31N3O3S/c1-3-22(4-2)20(24)16-21-11-13-23(14-12-21)27(25,26)19-10-9-17-7-5-6-8-18(17)15-19/h9-10,15H,3-8,11-14,16H2,1-2H3. The van der Waals surface area contributed by atoms with Gasteiger partial charge in [0.2, 0.25) is 15.9 Å². The second-order valence-electron chi connectivity index (χ2n) is 7.38. The van der Waals surface area contributed by atoms with Gasteiger partial charge in [-0.25, -0.2) is 8.42 Å². The van der Waals surface area contributed by atoms with Crippen LogP contribution >= 0.6 is 0 Å². The molecule has 2 aliphatic rings. The minimum atomic E-state index is -3.46. The number of piperazine rings is 1. The van der Waals surface area contributed by atoms with Crippen molar-refractivity contribution in [1.82, 2.24) is 14.1 Å². The first-order chi connectivity index (χ1) is 13.0. The highest BCUT2D eigenvalue weighted by Gasteiger charge is 2.30. The summed E-state index contributed by atoms with van der Waals surface area (Å²) in [6.07, 6.45) is 4.35. The summed E-state index contributed by atoms with van der Waals surface area (Å²) in [5.41, 5.74) is 2.48. The van der Waals surface area contributed by atoms with Gasteiger partial charge in [0.15, 0.2) is 0 Å². The number of sulfonamides is 1. The molecule has 1 aliphatic carbocycles. The summed E-state index contributed by atoms with van der Waals surface area (Å²) >= 11 is 0. The summed E-state index contributed by atoms with van der Waals surface area (Å²) in [6, 6.07) is 5.62. The second kappa shape index (κ2) is 8.71. The summed E-state index contributed by atoms with van der Waals surface area (Å²) in [5.74, 6) is 0.117. The topological polar surface area (TPSA) is 60.9 Å². The molecule has 1 amide bonds. The van der Waals surface area contributed by atoms with Crippen molar-refractivity contribution in [3.05, 3.63) is 29.3 Å². The van der Waals surface area contributed by atoms with Crippen molar-refractivity contribution >= 4 is 15.9 Å². The van der Waals surface area contributed by atoms with Crippen LogP contribution in [-0.4, -0.2) is 74.2 Å². The molecule has 3 rings (SSSR count). The number of fused-ring (bicyclic) bond motifs is 1. The van der Waals surface area contributed by atoms with Crippen LogP contribution in [0.25, 0.3) is 0 Å². The van der Waals surface area contributed by atoms with Gasteiger partial charge in [-0.1, -0.05) is 6.07 Å². The summed E-state index contributed by atoms with van der Waals surface area (Å²) in [4.78, 5) is 16.5. The Morgan fingerprint density at radius 1 is 1.00 bits per heavy atom. The second-order valence-corrected chi connectivity index (χ2v) is 9.32. The van der Waals surface area contributed by atoms with Crippen LogP contribution in [0, 0.1) is 0 Å². The maximum absolute atomic E-state index is 13.0. The maximum atomic E-state index is 13.0. The molecule has 0 radical (unpaired) electrons. The fraction of sp³-hybridized carbons (Fsp3) is 0.650. The lowest BCUT2D eigenvalue weighted by Crippen LogP contribution is -2.51. The number of benzene rings is 1. The molecule has 7 heteroatoms. The molecule has 0 bridgehead atoms. The fourth-order valence-electron chi connectivity index (χ4n) is 4.01. The van der Waals surface area contributed by atoms with Gasteiger partial charge in [0, 0.05) is 39.3 Å². The van der Waals surface area contributed by atoms with Gasteiger partial charge in [-0.3, -0.25) is 9.69 Å². The SMILES string of the molecule is CCN(CC)C(=O)CN1CCN(S(=O)(=O)c2ccc3c(c2)CCCC3)CC1. The van der Waals surface area contributed by atoms with Crippen molar-refractivity contribution < 1.29 is 13.2 Å². The minimum absolute atomic E-state index is 0.117. The van der Waals surface area contributed by atoms with E-state index in [1.165, 1.54) is 17.5 Å². The number of likely N-dealkylation sites (N-methyl/N-ethyl adjacent to an activating group) is 1. The van der Waals surface area contributed by atoms with Crippen molar-refractivity contribution in [3.63, 3.8) is 0 Å². The van der Waals surface area contributed by atoms with Crippen molar-refractivity contribution in [2.45, 2.75) is 44.4 Å². The van der Waals surface area contributed by atoms with Crippen LogP contribution in [0.2, 0.25) is 0 Å². The smallest absolute Gasteiger partial charge is 0.243 e. The molecule has 6 nitrogen and oxygen atoms in total. The highest BCUT2D eigenvalue weighted by Crippen LogP contribution is 2.26. The number of hydrogen-bond acceptors (Lipinski definition) is 4. The number of hydrogen-bond donors (Lipinski definition) is 0. The number of rotatable bonds is 6. The Labute approximate surface area is 163 Å². The van der Waals surface area contributed by atoms with E-state index in [2.05, 4.69) is 4.90 Å². The first kappa shape index (κ1) is 20.3. The van der Waals surface area contributed by atoms with E-state index in [1.54, 1.807) is 10.4 Å². The lowest BCUT2D eigenvalue weighted by Gasteiger charge is -2.34. The summed E-state index contributed by atoms with van der Waals surface area (Å²) in [5, 5.41) is 0. The van der Waals surface area contributed by atoms with E-state index in [0.717, 1.165) is 19.3 Å². The molecule has 0 atom stereocenters. The number of amides is 1. The van der Waals surface area contributed by atoms with Crippen LogP contribution < -0.4 is 0 Å². The van der Waals surface area contributed by atoms with E-state index in [4.69, 9.17) is 0 Å². The number of carbonyl (C=O) groups is 1. The van der Waals surface area contributed by atoms with Gasteiger partial charge in [0.05, 0.1) is 11.4 Å². The molecular weight excluding hydrogens is 362 g/mol. The third-order valence-corrected chi connectivity index (χ3v) is 7.66. The fourth-order valence-corrected chi connectivity index (χ4v) is 5.49. The molecule has 0 unspecified atom stereocenters. The van der Waals surface area contributed by atoms with E-state index in [1.807, 2.05) is 30.9 Å². The monoisotopic (exact) mass is 393 g/mol. The Morgan fingerprint density at radius 2 is 1.63 bits per heavy atom. The van der Waals surface area contributed by atoms with E-state index in [0.29, 0.717) is 50.7 Å². The summed E-state index contributed by atoms with van der Waals surface area (Å²) < 4.78 is 27.6. The zero-order valence-electron chi connectivity index (χ0n) is 16.5. The van der Waals surface area contributed by atoms with Gasteiger partial charge in [-0.15, -0.1) is 0 Å². The maximum Gasteiger partial charge on any atom is 0.243 e. The zero-order valence-corrected chi connectivity index (χ0v) is 17.3. The molecule has 150 valence electrons. The predicted octanol–water partition coefficient (Wildman–Crippen LogP) is 1.74. The van der Waals surface area contributed by atoms with Crippen LogP contribution in [-0.2, 0) is 27.7 Å². The van der Waals surface area contributed by atoms with Gasteiger partial charge in [0.1, 0.15) is 0 Å². The lowest BCUT2D eigenvalue weighted by atomic mass is 9.92. The number of aryl methyl sites for hydroxylation is 2. The van der Waals surface area contributed by atoms with Gasteiger partial charge in [-0.2, -0.15) is 4.31 Å². The first-order valence-corrected chi connectivity index (χ1v) is 11.5. The highest BCUT2D eigenvalue weighted by atomic mass is 32.2. The van der Waals surface area contributed by atoms with Crippen molar-refractivity contribution in [2.24, 2.45) is 0 Å². The number of carbonyl (C=O) groups excluding carboxylic acids is 1.